The first-order valence-electron chi connectivity index (χ1n) is 7.48. The van der Waals surface area contributed by atoms with E-state index in [0.717, 1.165) is 0 Å². The summed E-state index contributed by atoms with van der Waals surface area (Å²) in [6.07, 6.45) is -0.496. The van der Waals surface area contributed by atoms with Crippen molar-refractivity contribution in [1.29, 1.82) is 0 Å². The number of halogens is 3. The maximum atomic E-state index is 13.7. The van der Waals surface area contributed by atoms with Crippen LogP contribution in [0.3, 0.4) is 0 Å². The molecule has 0 radical (unpaired) electrons. The van der Waals surface area contributed by atoms with Gasteiger partial charge in [-0.3, -0.25) is 0 Å². The molecule has 1 rings (SSSR count). The average Bonchev–Trinajstić information content (AvgIpc) is 2.35. The molecule has 0 spiro atoms. The molecule has 1 N–H and O–H groups in total. The van der Waals surface area contributed by atoms with E-state index in [0.29, 0.717) is 0 Å². The quantitative estimate of drug-likeness (QED) is 0.536. The lowest BCUT2D eigenvalue weighted by Gasteiger charge is -2.48. The zero-order chi connectivity index (χ0) is 17.5. The van der Waals surface area contributed by atoms with Gasteiger partial charge in [0, 0.05) is 5.92 Å². The molecule has 5 atom stereocenters. The lowest BCUT2D eigenvalue weighted by Crippen LogP contribution is -2.49. The molecule has 0 aliphatic carbocycles. The van der Waals surface area contributed by atoms with E-state index >= 15 is 0 Å². The van der Waals surface area contributed by atoms with Gasteiger partial charge in [0.25, 0.3) is 0 Å². The summed E-state index contributed by atoms with van der Waals surface area (Å²) in [6, 6.07) is 0. The predicted molar refractivity (Wildman–Crippen MR) is 92.0 cm³/mol. The summed E-state index contributed by atoms with van der Waals surface area (Å²) in [4.78, 5) is 0. The number of hydrogen-bond acceptors (Lipinski definition) is 4. The molecule has 22 heavy (non-hydrogen) atoms. The van der Waals surface area contributed by atoms with Gasteiger partial charge >= 0.3 is 0 Å². The van der Waals surface area contributed by atoms with Crippen LogP contribution >= 0.6 is 41.9 Å². The van der Waals surface area contributed by atoms with Crippen molar-refractivity contribution in [2.24, 2.45) is 17.8 Å². The van der Waals surface area contributed by atoms with Crippen LogP contribution in [0.15, 0.2) is 0 Å². The van der Waals surface area contributed by atoms with Gasteiger partial charge in [0.15, 0.2) is 19.3 Å². The summed E-state index contributed by atoms with van der Waals surface area (Å²) in [5.74, 6) is -3.21. The molecular formula is C14H26Cl3O4P. The van der Waals surface area contributed by atoms with E-state index in [9.17, 15) is 9.67 Å². The summed E-state index contributed by atoms with van der Waals surface area (Å²) in [7, 11) is -3.52. The van der Waals surface area contributed by atoms with Crippen LogP contribution in [-0.4, -0.2) is 32.7 Å². The van der Waals surface area contributed by atoms with Crippen LogP contribution in [0.5, 0.6) is 0 Å². The highest BCUT2D eigenvalue weighted by molar-refractivity contribution is 7.66. The molecule has 1 aliphatic heterocycles. The Morgan fingerprint density at radius 3 is 1.50 bits per heavy atom. The predicted octanol–water partition coefficient (Wildman–Crippen LogP) is 5.03. The van der Waals surface area contributed by atoms with E-state index in [1.54, 1.807) is 0 Å². The van der Waals surface area contributed by atoms with Gasteiger partial charge in [0.05, 0.1) is 0 Å². The molecule has 1 saturated heterocycles. The summed E-state index contributed by atoms with van der Waals surface area (Å²) >= 11 is 17.5. The Hall–Kier alpha value is 0.980. The lowest BCUT2D eigenvalue weighted by atomic mass is 10.2. The first-order valence-corrected chi connectivity index (χ1v) is 10.5. The van der Waals surface area contributed by atoms with Gasteiger partial charge in [-0.1, -0.05) is 76.3 Å². The molecule has 0 aromatic rings. The van der Waals surface area contributed by atoms with E-state index in [-0.39, 0.29) is 17.8 Å². The fourth-order valence-corrected chi connectivity index (χ4v) is 7.87. The Kier molecular flexibility index (Phi) is 7.14. The number of alkyl halides is 3. The summed E-state index contributed by atoms with van der Waals surface area (Å²) < 4.78 is 23.5. The minimum Gasteiger partial charge on any atom is -0.381 e. The molecule has 132 valence electrons. The average molecular weight is 396 g/mol. The Morgan fingerprint density at radius 1 is 0.909 bits per heavy atom. The Balaban J connectivity index is 3.37. The standard InChI is InChI=1S/C14H26Cl3O4P/c1-7(2)10-20-11(8(3)4)22(19,12(21-10)9(5)6)13(18)14(15,16)17/h7-13,18H,1-6H3/t10?,11-,12+,13?,22?. The second-order valence-corrected chi connectivity index (χ2v) is 12.2. The normalized spacial score (nSPS) is 35.4. The maximum Gasteiger partial charge on any atom is 0.223 e. The van der Waals surface area contributed by atoms with E-state index in [1.165, 1.54) is 0 Å². The Labute approximate surface area is 148 Å². The monoisotopic (exact) mass is 394 g/mol. The van der Waals surface area contributed by atoms with Crippen molar-refractivity contribution >= 4 is 41.9 Å². The van der Waals surface area contributed by atoms with Crippen molar-refractivity contribution in [2.75, 3.05) is 0 Å². The summed E-state index contributed by atoms with van der Waals surface area (Å²) in [5.41, 5.74) is 0. The number of hydrogen-bond donors (Lipinski definition) is 1. The van der Waals surface area contributed by atoms with E-state index in [1.807, 2.05) is 41.5 Å². The number of aliphatic hydroxyl groups is 1. The molecule has 1 heterocycles. The largest absolute Gasteiger partial charge is 0.381 e. The molecular weight excluding hydrogens is 369 g/mol. The van der Waals surface area contributed by atoms with Gasteiger partial charge < -0.3 is 19.1 Å². The molecule has 3 unspecified atom stereocenters. The molecule has 4 nitrogen and oxygen atoms in total. The van der Waals surface area contributed by atoms with Crippen LogP contribution in [-0.2, 0) is 14.0 Å². The minimum absolute atomic E-state index is 0.0844. The van der Waals surface area contributed by atoms with E-state index < -0.39 is 34.8 Å². The fraction of sp³-hybridized carbons (Fsp3) is 1.00. The van der Waals surface area contributed by atoms with Crippen molar-refractivity contribution in [2.45, 2.75) is 69.2 Å². The topological polar surface area (TPSA) is 55.8 Å². The smallest absolute Gasteiger partial charge is 0.223 e. The van der Waals surface area contributed by atoms with Crippen LogP contribution in [0.2, 0.25) is 0 Å². The highest BCUT2D eigenvalue weighted by Crippen LogP contribution is 2.69. The van der Waals surface area contributed by atoms with E-state index in [4.69, 9.17) is 44.3 Å². The molecule has 1 aliphatic rings. The fourth-order valence-electron chi connectivity index (χ4n) is 2.71. The maximum absolute atomic E-state index is 13.7. The molecule has 1 fully saturated rings. The van der Waals surface area contributed by atoms with Gasteiger partial charge in [0.2, 0.25) is 3.79 Å². The van der Waals surface area contributed by atoms with Crippen LogP contribution in [0.4, 0.5) is 0 Å². The number of aliphatic hydroxyl groups excluding tert-OH is 1. The van der Waals surface area contributed by atoms with Gasteiger partial charge in [-0.2, -0.15) is 0 Å². The van der Waals surface area contributed by atoms with Crippen LogP contribution < -0.4 is 0 Å². The van der Waals surface area contributed by atoms with Crippen molar-refractivity contribution in [3.05, 3.63) is 0 Å². The van der Waals surface area contributed by atoms with Crippen molar-refractivity contribution < 1.29 is 19.1 Å². The Bertz CT molecular complexity index is 401. The third kappa shape index (κ3) is 4.14. The molecule has 8 heteroatoms. The highest BCUT2D eigenvalue weighted by atomic mass is 35.6. The summed E-state index contributed by atoms with van der Waals surface area (Å²) in [6.45, 7) is 11.4. The zero-order valence-electron chi connectivity index (χ0n) is 13.8. The molecule has 0 amide bonds. The Morgan fingerprint density at radius 2 is 1.27 bits per heavy atom. The third-order valence-electron chi connectivity index (χ3n) is 3.70. The summed E-state index contributed by atoms with van der Waals surface area (Å²) in [5, 5.41) is 10.5. The number of rotatable bonds is 4. The first kappa shape index (κ1) is 21.0. The lowest BCUT2D eigenvalue weighted by molar-refractivity contribution is -0.216. The van der Waals surface area contributed by atoms with Crippen molar-refractivity contribution in [3.63, 3.8) is 0 Å². The van der Waals surface area contributed by atoms with E-state index in [2.05, 4.69) is 0 Å². The first-order chi connectivity index (χ1) is 9.83. The third-order valence-corrected chi connectivity index (χ3v) is 8.96. The van der Waals surface area contributed by atoms with Gasteiger partial charge in [0.1, 0.15) is 11.7 Å². The molecule has 0 aromatic heterocycles. The van der Waals surface area contributed by atoms with Crippen LogP contribution in [0, 0.1) is 17.8 Å². The molecule has 0 saturated carbocycles. The minimum atomic E-state index is -3.52. The van der Waals surface area contributed by atoms with Crippen LogP contribution in [0.25, 0.3) is 0 Å². The molecule has 0 bridgehead atoms. The van der Waals surface area contributed by atoms with Crippen molar-refractivity contribution in [3.8, 4) is 0 Å². The SMILES string of the molecule is CC(C)C1O[C@H](C(C)C)P(=O)(C(O)C(Cl)(Cl)Cl)[C@H](C(C)C)O1. The van der Waals surface area contributed by atoms with Gasteiger partial charge in [-0.25, -0.2) is 0 Å². The number of ether oxygens (including phenoxy) is 2. The highest BCUT2D eigenvalue weighted by Gasteiger charge is 2.59. The van der Waals surface area contributed by atoms with Crippen molar-refractivity contribution in [1.82, 2.24) is 0 Å². The second kappa shape index (κ2) is 7.47. The zero-order valence-corrected chi connectivity index (χ0v) is 17.0. The van der Waals surface area contributed by atoms with Gasteiger partial charge in [-0.15, -0.1) is 0 Å². The van der Waals surface area contributed by atoms with Gasteiger partial charge in [-0.05, 0) is 11.8 Å². The molecule has 0 aromatic carbocycles. The van der Waals surface area contributed by atoms with Crippen LogP contribution in [0.1, 0.15) is 41.5 Å². The second-order valence-electron chi connectivity index (χ2n) is 6.83.